The minimum Gasteiger partial charge on any atom is -0.347 e. The molecule has 1 nitrogen and oxygen atoms in total. The summed E-state index contributed by atoms with van der Waals surface area (Å²) in [7, 11) is 0. The normalized spacial score (nSPS) is 10.7. The quantitative estimate of drug-likeness (QED) is 0.464. The molecule has 0 aliphatic rings. The van der Waals surface area contributed by atoms with Crippen LogP contribution >= 0.6 is 24.0 Å². The molecule has 1 N–H and O–H groups in total. The molecule has 0 bridgehead atoms. The lowest BCUT2D eigenvalue weighted by molar-refractivity contribution is 1.38. The van der Waals surface area contributed by atoms with Crippen molar-refractivity contribution >= 4 is 34.7 Å². The molecule has 0 amide bonds. The topological polar surface area (TPSA) is 12.0 Å². The summed E-state index contributed by atoms with van der Waals surface area (Å²) in [5.74, 6) is 0. The molecule has 0 aromatic heterocycles. The Bertz CT molecular complexity index is 598. The van der Waals surface area contributed by atoms with Crippen molar-refractivity contribution in [1.82, 2.24) is 0 Å². The fraction of sp³-hybridized carbons (Fsp3) is 0.118. The van der Waals surface area contributed by atoms with E-state index in [9.17, 15) is 0 Å². The third kappa shape index (κ3) is 4.83. The lowest BCUT2D eigenvalue weighted by atomic mass is 10.2. The Morgan fingerprint density at radius 2 is 1.50 bits per heavy atom. The van der Waals surface area contributed by atoms with E-state index >= 15 is 0 Å². The molecule has 0 heterocycles. The summed E-state index contributed by atoms with van der Waals surface area (Å²) in [6, 6.07) is 16.6. The second-order valence-electron chi connectivity index (χ2n) is 4.59. The summed E-state index contributed by atoms with van der Waals surface area (Å²) >= 11 is 6.96. The summed E-state index contributed by atoms with van der Waals surface area (Å²) in [6.07, 6.45) is 1.92. The van der Waals surface area contributed by atoms with Gasteiger partial charge in [0.25, 0.3) is 0 Å². The Morgan fingerprint density at radius 1 is 0.950 bits per heavy atom. The summed E-state index contributed by atoms with van der Waals surface area (Å²) in [5, 5.41) is 5.20. The Kier molecular flexibility index (Phi) is 5.39. The van der Waals surface area contributed by atoms with Gasteiger partial charge in [0.1, 0.15) is 4.99 Å². The van der Waals surface area contributed by atoms with E-state index in [2.05, 4.69) is 55.6 Å². The molecule has 2 aromatic carbocycles. The number of benzene rings is 2. The second-order valence-corrected chi connectivity index (χ2v) is 6.01. The van der Waals surface area contributed by atoms with E-state index < -0.39 is 0 Å². The van der Waals surface area contributed by atoms with Crippen molar-refractivity contribution in [3.05, 3.63) is 71.1 Å². The SMILES string of the molecule is Cc1ccc(NC(=S)C=CSc2ccc(C)cc2)cc1. The van der Waals surface area contributed by atoms with Crippen molar-refractivity contribution in [3.8, 4) is 0 Å². The van der Waals surface area contributed by atoms with Gasteiger partial charge < -0.3 is 5.32 Å². The number of nitrogens with one attached hydrogen (secondary N) is 1. The predicted octanol–water partition coefficient (Wildman–Crippen LogP) is 5.35. The van der Waals surface area contributed by atoms with E-state index in [0.717, 1.165) is 5.69 Å². The van der Waals surface area contributed by atoms with Crippen molar-refractivity contribution in [1.29, 1.82) is 0 Å². The number of anilines is 1. The van der Waals surface area contributed by atoms with Crippen molar-refractivity contribution in [2.24, 2.45) is 0 Å². The number of hydrogen-bond acceptors (Lipinski definition) is 2. The number of thioether (sulfide) groups is 1. The molecule has 0 saturated carbocycles. The van der Waals surface area contributed by atoms with E-state index in [4.69, 9.17) is 12.2 Å². The molecule has 2 aromatic rings. The van der Waals surface area contributed by atoms with Crippen molar-refractivity contribution in [2.45, 2.75) is 18.7 Å². The van der Waals surface area contributed by atoms with Gasteiger partial charge in [-0.05, 0) is 49.6 Å². The Labute approximate surface area is 130 Å². The monoisotopic (exact) mass is 299 g/mol. The van der Waals surface area contributed by atoms with Crippen LogP contribution in [0.1, 0.15) is 11.1 Å². The summed E-state index contributed by atoms with van der Waals surface area (Å²) in [5.41, 5.74) is 3.53. The largest absolute Gasteiger partial charge is 0.347 e. The Hall–Kier alpha value is -1.58. The van der Waals surface area contributed by atoms with Gasteiger partial charge in [-0.2, -0.15) is 0 Å². The molecule has 3 heteroatoms. The lowest BCUT2D eigenvalue weighted by Crippen LogP contribution is -2.04. The number of aryl methyl sites for hydroxylation is 2. The summed E-state index contributed by atoms with van der Waals surface area (Å²) in [6.45, 7) is 4.16. The number of rotatable bonds is 4. The standard InChI is InChI=1S/C17H17NS2/c1-13-3-7-15(8-4-13)18-17(19)11-12-20-16-9-5-14(2)6-10-16/h3-12H,1-2H3,(H,18,19). The van der Waals surface area contributed by atoms with Crippen LogP contribution in [0.25, 0.3) is 0 Å². The molecule has 0 atom stereocenters. The van der Waals surface area contributed by atoms with Crippen molar-refractivity contribution in [3.63, 3.8) is 0 Å². The highest BCUT2D eigenvalue weighted by Gasteiger charge is 1.94. The van der Waals surface area contributed by atoms with Gasteiger partial charge in [-0.1, -0.05) is 59.4 Å². The second kappa shape index (κ2) is 7.27. The smallest absolute Gasteiger partial charge is 0.104 e. The number of thiocarbonyl (C=S) groups is 1. The van der Waals surface area contributed by atoms with Crippen LogP contribution in [-0.4, -0.2) is 4.99 Å². The van der Waals surface area contributed by atoms with Crippen LogP contribution in [0.3, 0.4) is 0 Å². The molecule has 0 saturated heterocycles. The highest BCUT2D eigenvalue weighted by atomic mass is 32.2. The first-order valence-electron chi connectivity index (χ1n) is 6.41. The van der Waals surface area contributed by atoms with Crippen LogP contribution in [0.4, 0.5) is 5.69 Å². The Morgan fingerprint density at radius 3 is 2.10 bits per heavy atom. The third-order valence-electron chi connectivity index (χ3n) is 2.76. The fourth-order valence-corrected chi connectivity index (χ4v) is 2.54. The summed E-state index contributed by atoms with van der Waals surface area (Å²) in [4.78, 5) is 1.93. The van der Waals surface area contributed by atoms with Crippen LogP contribution in [0.5, 0.6) is 0 Å². The fourth-order valence-electron chi connectivity index (χ4n) is 1.61. The van der Waals surface area contributed by atoms with Gasteiger partial charge in [0.2, 0.25) is 0 Å². The molecule has 0 spiro atoms. The molecule has 0 fully saturated rings. The number of hydrogen-bond donors (Lipinski definition) is 1. The van der Waals surface area contributed by atoms with Crippen LogP contribution in [-0.2, 0) is 0 Å². The molecule has 0 aliphatic carbocycles. The van der Waals surface area contributed by atoms with Crippen molar-refractivity contribution in [2.75, 3.05) is 5.32 Å². The highest BCUT2D eigenvalue weighted by molar-refractivity contribution is 8.02. The minimum atomic E-state index is 0.716. The first-order chi connectivity index (χ1) is 9.63. The summed E-state index contributed by atoms with van der Waals surface area (Å²) < 4.78 is 0. The van der Waals surface area contributed by atoms with E-state index in [1.807, 2.05) is 23.6 Å². The zero-order chi connectivity index (χ0) is 14.4. The Balaban J connectivity index is 1.86. The maximum Gasteiger partial charge on any atom is 0.104 e. The lowest BCUT2D eigenvalue weighted by Gasteiger charge is -2.04. The van der Waals surface area contributed by atoms with E-state index in [0.29, 0.717) is 4.99 Å². The van der Waals surface area contributed by atoms with Gasteiger partial charge in [0.15, 0.2) is 0 Å². The average Bonchev–Trinajstić information content (AvgIpc) is 2.44. The average molecular weight is 299 g/mol. The van der Waals surface area contributed by atoms with Crippen molar-refractivity contribution < 1.29 is 0 Å². The predicted molar refractivity (Wildman–Crippen MR) is 93.6 cm³/mol. The molecule has 0 aliphatic heterocycles. The molecule has 0 unspecified atom stereocenters. The molecule has 0 radical (unpaired) electrons. The zero-order valence-corrected chi connectivity index (χ0v) is 13.2. The van der Waals surface area contributed by atoms with Gasteiger partial charge in [-0.25, -0.2) is 0 Å². The van der Waals surface area contributed by atoms with Gasteiger partial charge in [-0.3, -0.25) is 0 Å². The molecular weight excluding hydrogens is 282 g/mol. The molecular formula is C17H17NS2. The van der Waals surface area contributed by atoms with Crippen LogP contribution in [0.15, 0.2) is 64.9 Å². The van der Waals surface area contributed by atoms with E-state index in [1.165, 1.54) is 16.0 Å². The van der Waals surface area contributed by atoms with Crippen LogP contribution in [0.2, 0.25) is 0 Å². The van der Waals surface area contributed by atoms with Gasteiger partial charge in [0.05, 0.1) is 0 Å². The maximum absolute atomic E-state index is 5.29. The van der Waals surface area contributed by atoms with Crippen LogP contribution < -0.4 is 5.32 Å². The first-order valence-corrected chi connectivity index (χ1v) is 7.70. The van der Waals surface area contributed by atoms with E-state index in [-0.39, 0.29) is 0 Å². The van der Waals surface area contributed by atoms with Gasteiger partial charge in [0, 0.05) is 10.6 Å². The van der Waals surface area contributed by atoms with Crippen LogP contribution in [0, 0.1) is 13.8 Å². The van der Waals surface area contributed by atoms with E-state index in [1.54, 1.807) is 11.8 Å². The highest BCUT2D eigenvalue weighted by Crippen LogP contribution is 2.19. The maximum atomic E-state index is 5.29. The third-order valence-corrected chi connectivity index (χ3v) is 3.82. The molecule has 2 rings (SSSR count). The molecule has 20 heavy (non-hydrogen) atoms. The van der Waals surface area contributed by atoms with Gasteiger partial charge in [-0.15, -0.1) is 0 Å². The minimum absolute atomic E-state index is 0.716. The zero-order valence-electron chi connectivity index (χ0n) is 11.6. The van der Waals surface area contributed by atoms with Gasteiger partial charge >= 0.3 is 0 Å². The first kappa shape index (κ1) is 14.8. The molecule has 102 valence electrons.